The third kappa shape index (κ3) is 22.7. The molecule has 7 nitrogen and oxygen atoms in total. The van der Waals surface area contributed by atoms with Crippen LogP contribution in [0.25, 0.3) is 0 Å². The molecule has 0 radical (unpaired) electrons. The number of quaternary nitrogens is 1. The van der Waals surface area contributed by atoms with Crippen LogP contribution in [0.15, 0.2) is 0 Å². The van der Waals surface area contributed by atoms with Crippen molar-refractivity contribution in [3.05, 3.63) is 0 Å². The van der Waals surface area contributed by atoms with E-state index in [0.29, 0.717) is 13.2 Å². The molecule has 116 valence electrons. The smallest absolute Gasteiger partial charge is 0.249 e. The highest BCUT2D eigenvalue weighted by atomic mass is 16.6. The lowest BCUT2D eigenvalue weighted by Gasteiger charge is -2.29. The minimum atomic E-state index is -2.08. The lowest BCUT2D eigenvalue weighted by molar-refractivity contribution is -0.891. The second-order valence-electron chi connectivity index (χ2n) is 4.45. The lowest BCUT2D eigenvalue weighted by Crippen LogP contribution is -2.44. The standard InChI is InChI=1S/C11H26NO3.CH2O3/c1-5-14-8-6-12(2,3)7-9-15-11-10-13-4;2-1(3)4/h5-11H2,1-4H3;(H2,2,3,4)/q+1;/p-1. The highest BCUT2D eigenvalue weighted by Gasteiger charge is 2.13. The predicted molar refractivity (Wildman–Crippen MR) is 69.1 cm³/mol. The second-order valence-corrected chi connectivity index (χ2v) is 4.45. The molecule has 0 aromatic rings. The topological polar surface area (TPSA) is 88.1 Å². The Bertz CT molecular complexity index is 206. The summed E-state index contributed by atoms with van der Waals surface area (Å²) in [4.78, 5) is 8.44. The molecule has 0 heterocycles. The van der Waals surface area contributed by atoms with Crippen molar-refractivity contribution in [3.8, 4) is 0 Å². The lowest BCUT2D eigenvalue weighted by atomic mass is 10.4. The van der Waals surface area contributed by atoms with Gasteiger partial charge < -0.3 is 33.7 Å². The number of carbonyl (C=O) groups is 1. The van der Waals surface area contributed by atoms with Crippen molar-refractivity contribution >= 4 is 6.16 Å². The van der Waals surface area contributed by atoms with E-state index < -0.39 is 6.16 Å². The molecule has 0 rings (SSSR count). The molecular weight excluding hydrogens is 254 g/mol. The highest BCUT2D eigenvalue weighted by molar-refractivity contribution is 5.50. The molecule has 0 aliphatic rings. The summed E-state index contributed by atoms with van der Waals surface area (Å²) in [5.74, 6) is 0. The highest BCUT2D eigenvalue weighted by Crippen LogP contribution is 1.96. The number of hydrogen-bond acceptors (Lipinski definition) is 5. The molecule has 0 bridgehead atoms. The van der Waals surface area contributed by atoms with Crippen molar-refractivity contribution < 1.29 is 33.7 Å². The van der Waals surface area contributed by atoms with Gasteiger partial charge in [0.1, 0.15) is 13.1 Å². The molecule has 0 atom stereocenters. The third-order valence-corrected chi connectivity index (χ3v) is 2.32. The fourth-order valence-corrected chi connectivity index (χ4v) is 1.12. The van der Waals surface area contributed by atoms with E-state index >= 15 is 0 Å². The van der Waals surface area contributed by atoms with E-state index in [1.807, 2.05) is 6.92 Å². The Balaban J connectivity index is 0. The van der Waals surface area contributed by atoms with Gasteiger partial charge >= 0.3 is 0 Å². The fourth-order valence-electron chi connectivity index (χ4n) is 1.12. The number of likely N-dealkylation sites (N-methyl/N-ethyl adjacent to an activating group) is 1. The van der Waals surface area contributed by atoms with Gasteiger partial charge in [-0.2, -0.15) is 0 Å². The van der Waals surface area contributed by atoms with Crippen LogP contribution in [0.4, 0.5) is 4.79 Å². The van der Waals surface area contributed by atoms with Gasteiger partial charge in [-0.3, -0.25) is 0 Å². The molecule has 0 aliphatic carbocycles. The van der Waals surface area contributed by atoms with E-state index in [0.717, 1.165) is 37.4 Å². The normalized spacial score (nSPS) is 10.7. The molecule has 0 spiro atoms. The van der Waals surface area contributed by atoms with Gasteiger partial charge in [-0.1, -0.05) is 0 Å². The van der Waals surface area contributed by atoms with E-state index in [4.69, 9.17) is 29.2 Å². The van der Waals surface area contributed by atoms with Crippen LogP contribution < -0.4 is 5.11 Å². The average molecular weight is 281 g/mol. The van der Waals surface area contributed by atoms with Gasteiger partial charge in [0.25, 0.3) is 0 Å². The predicted octanol–water partition coefficient (Wildman–Crippen LogP) is -0.350. The minimum Gasteiger partial charge on any atom is -0.565 e. The molecular formula is C12H27NO6. The monoisotopic (exact) mass is 281 g/mol. The van der Waals surface area contributed by atoms with Gasteiger partial charge in [-0.25, -0.2) is 0 Å². The summed E-state index contributed by atoms with van der Waals surface area (Å²) in [6.07, 6.45) is -2.08. The first-order chi connectivity index (χ1) is 8.85. The van der Waals surface area contributed by atoms with E-state index in [1.54, 1.807) is 7.11 Å². The summed E-state index contributed by atoms with van der Waals surface area (Å²) in [6, 6.07) is 0. The van der Waals surface area contributed by atoms with Crippen molar-refractivity contribution in [2.75, 3.05) is 67.3 Å². The zero-order valence-electron chi connectivity index (χ0n) is 12.4. The summed E-state index contributed by atoms with van der Waals surface area (Å²) in [7, 11) is 6.07. The zero-order chi connectivity index (χ0) is 15.1. The molecule has 1 N–H and O–H groups in total. The maximum absolute atomic E-state index is 8.44. The Hall–Kier alpha value is -0.890. The number of rotatable bonds is 10. The molecule has 0 fully saturated rings. The van der Waals surface area contributed by atoms with Gasteiger partial charge in [0, 0.05) is 13.7 Å². The summed E-state index contributed by atoms with van der Waals surface area (Å²) in [6.45, 7) is 7.81. The van der Waals surface area contributed by atoms with E-state index in [9.17, 15) is 0 Å². The van der Waals surface area contributed by atoms with Crippen molar-refractivity contribution in [1.82, 2.24) is 0 Å². The van der Waals surface area contributed by atoms with E-state index in [1.165, 1.54) is 0 Å². The molecule has 0 saturated heterocycles. The SMILES string of the molecule is CCOCC[N+](C)(C)CCOCCOC.O=C([O-])O. The molecule has 0 aromatic heterocycles. The van der Waals surface area contributed by atoms with E-state index in [-0.39, 0.29) is 0 Å². The molecule has 0 aromatic carbocycles. The Morgan fingerprint density at radius 1 is 1.11 bits per heavy atom. The van der Waals surface area contributed by atoms with Crippen LogP contribution in [0.2, 0.25) is 0 Å². The van der Waals surface area contributed by atoms with Gasteiger partial charge in [0.05, 0.1) is 40.5 Å². The number of hydrogen-bond donors (Lipinski definition) is 1. The van der Waals surface area contributed by atoms with E-state index in [2.05, 4.69) is 14.1 Å². The van der Waals surface area contributed by atoms with Crippen molar-refractivity contribution in [2.24, 2.45) is 0 Å². The van der Waals surface area contributed by atoms with Crippen LogP contribution in [0, 0.1) is 0 Å². The summed E-state index contributed by atoms with van der Waals surface area (Å²) >= 11 is 0. The fraction of sp³-hybridized carbons (Fsp3) is 0.917. The maximum Gasteiger partial charge on any atom is 0.249 e. The van der Waals surface area contributed by atoms with Crippen LogP contribution in [-0.2, 0) is 14.2 Å². The van der Waals surface area contributed by atoms with Gasteiger partial charge in [0.2, 0.25) is 6.16 Å². The van der Waals surface area contributed by atoms with Gasteiger partial charge in [-0.05, 0) is 6.92 Å². The summed E-state index contributed by atoms with van der Waals surface area (Å²) in [5, 5.41) is 15.3. The Labute approximate surface area is 115 Å². The quantitative estimate of drug-likeness (QED) is 0.435. The largest absolute Gasteiger partial charge is 0.565 e. The minimum absolute atomic E-state index is 0.673. The molecule has 0 amide bonds. The molecule has 7 heteroatoms. The molecule has 19 heavy (non-hydrogen) atoms. The average Bonchev–Trinajstić information content (AvgIpc) is 2.28. The van der Waals surface area contributed by atoms with Crippen LogP contribution >= 0.6 is 0 Å². The first-order valence-electron chi connectivity index (χ1n) is 6.22. The number of nitrogens with zero attached hydrogens (tertiary/aromatic N) is 1. The number of ether oxygens (including phenoxy) is 3. The van der Waals surface area contributed by atoms with Gasteiger partial charge in [0.15, 0.2) is 0 Å². The van der Waals surface area contributed by atoms with Crippen LogP contribution in [0.1, 0.15) is 6.92 Å². The summed E-state index contributed by atoms with van der Waals surface area (Å²) < 4.78 is 16.6. The second kappa shape index (κ2) is 13.5. The van der Waals surface area contributed by atoms with Gasteiger partial charge in [-0.15, -0.1) is 0 Å². The first kappa shape index (κ1) is 20.4. The summed E-state index contributed by atoms with van der Waals surface area (Å²) in [5.41, 5.74) is 0. The Morgan fingerprint density at radius 3 is 2.00 bits per heavy atom. The molecule has 0 unspecified atom stereocenters. The van der Waals surface area contributed by atoms with Crippen LogP contribution in [-0.4, -0.2) is 83.1 Å². The van der Waals surface area contributed by atoms with Crippen molar-refractivity contribution in [2.45, 2.75) is 6.92 Å². The maximum atomic E-state index is 8.44. The number of methoxy groups -OCH3 is 1. The number of carboxylic acid groups (broad SMARTS) is 2. The molecule has 0 aliphatic heterocycles. The zero-order valence-corrected chi connectivity index (χ0v) is 12.4. The Kier molecular flexibility index (Phi) is 14.6. The molecule has 0 saturated carbocycles. The van der Waals surface area contributed by atoms with Crippen molar-refractivity contribution in [1.29, 1.82) is 0 Å². The Morgan fingerprint density at radius 2 is 1.58 bits per heavy atom. The first-order valence-corrected chi connectivity index (χ1v) is 6.22. The van der Waals surface area contributed by atoms with Crippen LogP contribution in [0.3, 0.4) is 0 Å². The van der Waals surface area contributed by atoms with Crippen molar-refractivity contribution in [3.63, 3.8) is 0 Å². The third-order valence-electron chi connectivity index (χ3n) is 2.32. The van der Waals surface area contributed by atoms with Crippen LogP contribution in [0.5, 0.6) is 0 Å².